The van der Waals surface area contributed by atoms with E-state index in [-0.39, 0.29) is 5.91 Å². The molecule has 0 radical (unpaired) electrons. The highest BCUT2D eigenvalue weighted by Crippen LogP contribution is 2.64. The second-order valence-electron chi connectivity index (χ2n) is 6.64. The molecule has 1 N–H and O–H groups in total. The number of ether oxygens (including phenoxy) is 1. The Balaban J connectivity index is 1.63. The first-order valence-corrected chi connectivity index (χ1v) is 8.42. The summed E-state index contributed by atoms with van der Waals surface area (Å²) in [5.41, 5.74) is -0.485. The normalized spacial score (nSPS) is 35.3. The zero-order valence-corrected chi connectivity index (χ0v) is 13.9. The summed E-state index contributed by atoms with van der Waals surface area (Å²) in [4.78, 5) is 38.5. The summed E-state index contributed by atoms with van der Waals surface area (Å²) >= 11 is 1.41. The lowest BCUT2D eigenvalue weighted by Gasteiger charge is -2.42. The van der Waals surface area contributed by atoms with Crippen LogP contribution in [0.15, 0.2) is 30.3 Å². The van der Waals surface area contributed by atoms with Crippen molar-refractivity contribution in [2.45, 2.75) is 41.8 Å². The molecule has 7 nitrogen and oxygen atoms in total. The second-order valence-corrected chi connectivity index (χ2v) is 8.37. The molecule has 1 spiro atoms. The SMILES string of the molecule is CC1(C)S[C@H]2N(C(=O)[C@]23O[C@@H]3N(C=O)c2ccccc2)[C@H]1C(=O)O. The van der Waals surface area contributed by atoms with Crippen molar-refractivity contribution in [3.05, 3.63) is 30.3 Å². The van der Waals surface area contributed by atoms with Gasteiger partial charge in [-0.1, -0.05) is 18.2 Å². The minimum absolute atomic E-state index is 0.356. The fourth-order valence-corrected chi connectivity index (χ4v) is 5.35. The van der Waals surface area contributed by atoms with Gasteiger partial charge in [-0.2, -0.15) is 0 Å². The fourth-order valence-electron chi connectivity index (χ4n) is 3.66. The first kappa shape index (κ1) is 15.5. The van der Waals surface area contributed by atoms with Crippen LogP contribution in [0, 0.1) is 0 Å². The molecule has 0 bridgehead atoms. The van der Waals surface area contributed by atoms with E-state index in [1.165, 1.54) is 21.6 Å². The molecule has 4 rings (SSSR count). The molecule has 1 aromatic rings. The summed E-state index contributed by atoms with van der Waals surface area (Å²) in [5, 5.41) is 9.07. The van der Waals surface area contributed by atoms with E-state index in [2.05, 4.69) is 0 Å². The maximum atomic E-state index is 12.7. The molecule has 0 aliphatic carbocycles. The number of hydrogen-bond donors (Lipinski definition) is 1. The van der Waals surface area contributed by atoms with Crippen molar-refractivity contribution < 1.29 is 24.2 Å². The number of para-hydroxylation sites is 1. The quantitative estimate of drug-likeness (QED) is 0.494. The van der Waals surface area contributed by atoms with Gasteiger partial charge in [0, 0.05) is 10.4 Å². The Morgan fingerprint density at radius 1 is 1.38 bits per heavy atom. The van der Waals surface area contributed by atoms with Crippen molar-refractivity contribution in [3.63, 3.8) is 0 Å². The van der Waals surface area contributed by atoms with E-state index in [9.17, 15) is 19.5 Å². The molecule has 0 unspecified atom stereocenters. The molecule has 1 aromatic carbocycles. The molecular formula is C16H16N2O5S. The summed E-state index contributed by atoms with van der Waals surface area (Å²) in [7, 11) is 0. The van der Waals surface area contributed by atoms with Gasteiger partial charge in [0.1, 0.15) is 11.4 Å². The first-order valence-electron chi connectivity index (χ1n) is 7.54. The number of thioether (sulfide) groups is 1. The second kappa shape index (κ2) is 4.73. The fraction of sp³-hybridized carbons (Fsp3) is 0.438. The van der Waals surface area contributed by atoms with Gasteiger partial charge in [-0.05, 0) is 26.0 Å². The van der Waals surface area contributed by atoms with Gasteiger partial charge in [0.2, 0.25) is 12.0 Å². The molecule has 3 saturated heterocycles. The summed E-state index contributed by atoms with van der Waals surface area (Å²) in [6.45, 7) is 3.61. The van der Waals surface area contributed by atoms with Crippen LogP contribution in [0.4, 0.5) is 5.69 Å². The van der Waals surface area contributed by atoms with E-state index in [1.54, 1.807) is 24.3 Å². The van der Waals surface area contributed by atoms with Crippen LogP contribution < -0.4 is 4.90 Å². The third-order valence-corrected chi connectivity index (χ3v) is 6.44. The van der Waals surface area contributed by atoms with Crippen molar-refractivity contribution in [3.8, 4) is 0 Å². The van der Waals surface area contributed by atoms with Crippen molar-refractivity contribution >= 4 is 35.7 Å². The third kappa shape index (κ3) is 1.75. The van der Waals surface area contributed by atoms with Crippen molar-refractivity contribution in [2.24, 2.45) is 0 Å². The van der Waals surface area contributed by atoms with Gasteiger partial charge in [0.15, 0.2) is 6.23 Å². The average molecular weight is 348 g/mol. The van der Waals surface area contributed by atoms with E-state index in [0.29, 0.717) is 12.1 Å². The molecule has 2 amide bonds. The maximum absolute atomic E-state index is 12.7. The van der Waals surface area contributed by atoms with Crippen molar-refractivity contribution in [2.75, 3.05) is 4.90 Å². The monoisotopic (exact) mass is 348 g/mol. The Morgan fingerprint density at radius 3 is 2.62 bits per heavy atom. The molecule has 126 valence electrons. The Kier molecular flexibility index (Phi) is 3.05. The van der Waals surface area contributed by atoms with Gasteiger partial charge in [-0.25, -0.2) is 4.79 Å². The largest absolute Gasteiger partial charge is 0.480 e. The molecule has 3 aliphatic rings. The predicted molar refractivity (Wildman–Crippen MR) is 86.3 cm³/mol. The number of carbonyl (C=O) groups is 3. The first-order chi connectivity index (χ1) is 11.3. The molecule has 24 heavy (non-hydrogen) atoms. The minimum atomic E-state index is -1.12. The number of nitrogens with zero attached hydrogens (tertiary/aromatic N) is 2. The summed E-state index contributed by atoms with van der Waals surface area (Å²) in [6.07, 6.45) is -0.0496. The number of carbonyl (C=O) groups excluding carboxylic acids is 2. The molecule has 0 aromatic heterocycles. The van der Waals surface area contributed by atoms with E-state index in [0.717, 1.165) is 0 Å². The van der Waals surface area contributed by atoms with Crippen molar-refractivity contribution in [1.29, 1.82) is 0 Å². The zero-order valence-electron chi connectivity index (χ0n) is 13.1. The lowest BCUT2D eigenvalue weighted by Crippen LogP contribution is -2.69. The van der Waals surface area contributed by atoms with Crippen LogP contribution in [-0.4, -0.2) is 56.3 Å². The molecule has 3 heterocycles. The highest BCUT2D eigenvalue weighted by molar-refractivity contribution is 8.01. The lowest BCUT2D eigenvalue weighted by molar-refractivity contribution is -0.165. The van der Waals surface area contributed by atoms with Crippen LogP contribution >= 0.6 is 11.8 Å². The Hall–Kier alpha value is -2.06. The van der Waals surface area contributed by atoms with E-state index < -0.39 is 34.0 Å². The smallest absolute Gasteiger partial charge is 0.327 e. The topological polar surface area (TPSA) is 90.5 Å². The summed E-state index contributed by atoms with van der Waals surface area (Å²) in [6, 6.07) is 8.05. The predicted octanol–water partition coefficient (Wildman–Crippen LogP) is 0.891. The van der Waals surface area contributed by atoms with Crippen LogP contribution in [0.3, 0.4) is 0 Å². The molecule has 8 heteroatoms. The third-order valence-electron chi connectivity index (χ3n) is 4.81. The number of fused-ring (bicyclic) bond motifs is 2. The van der Waals surface area contributed by atoms with Gasteiger partial charge in [0.25, 0.3) is 5.91 Å². The average Bonchev–Trinajstić information content (AvgIpc) is 3.24. The van der Waals surface area contributed by atoms with E-state index >= 15 is 0 Å². The number of rotatable bonds is 4. The maximum Gasteiger partial charge on any atom is 0.327 e. The number of β-lactam (4-membered cyclic amide) rings is 1. The molecular weight excluding hydrogens is 332 g/mol. The van der Waals surface area contributed by atoms with Gasteiger partial charge >= 0.3 is 5.97 Å². The van der Waals surface area contributed by atoms with Crippen LogP contribution in [0.25, 0.3) is 0 Å². The number of epoxide rings is 1. The highest BCUT2D eigenvalue weighted by Gasteiger charge is 2.84. The van der Waals surface area contributed by atoms with Gasteiger partial charge in [0.05, 0.1) is 0 Å². The number of amides is 2. The number of anilines is 1. The summed E-state index contributed by atoms with van der Waals surface area (Å²) in [5.74, 6) is -1.38. The van der Waals surface area contributed by atoms with Crippen molar-refractivity contribution in [1.82, 2.24) is 4.90 Å². The molecule has 3 aliphatic heterocycles. The lowest BCUT2D eigenvalue weighted by atomic mass is 9.90. The molecule has 4 atom stereocenters. The number of carboxylic acid groups (broad SMARTS) is 1. The van der Waals surface area contributed by atoms with Crippen LogP contribution in [-0.2, 0) is 19.1 Å². The Morgan fingerprint density at radius 2 is 2.04 bits per heavy atom. The number of benzene rings is 1. The minimum Gasteiger partial charge on any atom is -0.480 e. The standard InChI is InChI=1S/C16H16N2O5S/c1-15(2)10(11(20)21)18-12(22)16(14(18)24-15)13(23-16)17(8-19)9-6-4-3-5-7-9/h3-8,10,13-14H,1-2H3,(H,20,21)/t10-,13-,14+,16+/m0/s1. The number of aliphatic carboxylic acids is 1. The summed E-state index contributed by atoms with van der Waals surface area (Å²) < 4.78 is 5.07. The number of hydrogen-bond acceptors (Lipinski definition) is 5. The number of carboxylic acids is 1. The molecule has 0 saturated carbocycles. The highest BCUT2D eigenvalue weighted by atomic mass is 32.2. The van der Waals surface area contributed by atoms with Crippen LogP contribution in [0.1, 0.15) is 13.8 Å². The van der Waals surface area contributed by atoms with Gasteiger partial charge < -0.3 is 14.7 Å². The van der Waals surface area contributed by atoms with Gasteiger partial charge in [-0.15, -0.1) is 11.8 Å². The Bertz CT molecular complexity index is 739. The Labute approximate surface area is 142 Å². The molecule has 3 fully saturated rings. The van der Waals surface area contributed by atoms with E-state index in [1.807, 2.05) is 19.9 Å². The van der Waals surface area contributed by atoms with E-state index in [4.69, 9.17) is 4.74 Å². The van der Waals surface area contributed by atoms with Gasteiger partial charge in [-0.3, -0.25) is 14.5 Å². The zero-order chi connectivity index (χ0) is 17.3. The van der Waals surface area contributed by atoms with Crippen LogP contribution in [0.2, 0.25) is 0 Å². The van der Waals surface area contributed by atoms with Crippen LogP contribution in [0.5, 0.6) is 0 Å².